The number of nitrogens with zero attached hydrogens (tertiary/aromatic N) is 1. The Hall–Kier alpha value is -2.57. The third-order valence-electron chi connectivity index (χ3n) is 4.26. The molecule has 0 aromatic heterocycles. The molecule has 0 unspecified atom stereocenters. The lowest BCUT2D eigenvalue weighted by Crippen LogP contribution is -2.20. The first kappa shape index (κ1) is 15.9. The van der Waals surface area contributed by atoms with Gasteiger partial charge in [0.15, 0.2) is 0 Å². The molecule has 5 nitrogen and oxygen atoms in total. The lowest BCUT2D eigenvalue weighted by atomic mass is 10.1. The molecule has 126 valence electrons. The zero-order chi connectivity index (χ0) is 17.8. The smallest absolute Gasteiger partial charge is 0.262 e. The lowest BCUT2D eigenvalue weighted by Gasteiger charge is -2.13. The number of carbonyl (C=O) groups is 1. The molecule has 0 fully saturated rings. The molecule has 1 aliphatic heterocycles. The van der Waals surface area contributed by atoms with Gasteiger partial charge in [-0.25, -0.2) is 8.42 Å². The van der Waals surface area contributed by atoms with Crippen LogP contribution < -0.4 is 9.62 Å². The third-order valence-corrected chi connectivity index (χ3v) is 5.95. The van der Waals surface area contributed by atoms with Gasteiger partial charge in [0.25, 0.3) is 15.9 Å². The van der Waals surface area contributed by atoms with Crippen LogP contribution >= 0.6 is 11.6 Å². The van der Waals surface area contributed by atoms with Crippen molar-refractivity contribution in [2.24, 2.45) is 0 Å². The van der Waals surface area contributed by atoms with Crippen molar-refractivity contribution >= 4 is 49.7 Å². The van der Waals surface area contributed by atoms with Crippen LogP contribution in [0, 0.1) is 0 Å². The van der Waals surface area contributed by atoms with Crippen LogP contribution in [0.3, 0.4) is 0 Å². The minimum Gasteiger partial charge on any atom is -0.311 e. The molecule has 7 heteroatoms. The lowest BCUT2D eigenvalue weighted by molar-refractivity contribution is 0.0999. The Morgan fingerprint density at radius 3 is 2.44 bits per heavy atom. The summed E-state index contributed by atoms with van der Waals surface area (Å²) in [5.74, 6) is -0.138. The van der Waals surface area contributed by atoms with Crippen LogP contribution in [0.2, 0.25) is 5.02 Å². The highest BCUT2D eigenvalue weighted by Crippen LogP contribution is 2.39. The second-order valence-electron chi connectivity index (χ2n) is 5.79. The van der Waals surface area contributed by atoms with Gasteiger partial charge in [-0.1, -0.05) is 23.7 Å². The summed E-state index contributed by atoms with van der Waals surface area (Å²) in [6.07, 6.45) is 0. The molecule has 0 aliphatic carbocycles. The zero-order valence-corrected chi connectivity index (χ0v) is 14.7. The molecule has 0 radical (unpaired) electrons. The number of anilines is 2. The van der Waals surface area contributed by atoms with Crippen molar-refractivity contribution in [3.8, 4) is 0 Å². The number of amides is 1. The second-order valence-corrected chi connectivity index (χ2v) is 7.87. The van der Waals surface area contributed by atoms with Crippen LogP contribution in [0.4, 0.5) is 11.4 Å². The van der Waals surface area contributed by atoms with E-state index < -0.39 is 10.0 Å². The molecule has 0 saturated carbocycles. The fraction of sp³-hybridized carbons (Fsp3) is 0.0556. The van der Waals surface area contributed by atoms with E-state index in [9.17, 15) is 13.2 Å². The standard InChI is InChI=1S/C18H13ClN2O3S/c1-21-15-9-10-16(13-3-2-4-14(17(13)15)18(21)22)25(23,24)20-12-7-5-11(19)6-8-12/h2-10,20H,1H3. The van der Waals surface area contributed by atoms with Crippen LogP contribution in [0.15, 0.2) is 59.5 Å². The van der Waals surface area contributed by atoms with Gasteiger partial charge < -0.3 is 4.90 Å². The first-order valence-corrected chi connectivity index (χ1v) is 9.37. The minimum atomic E-state index is -3.82. The van der Waals surface area contributed by atoms with Crippen LogP contribution in [0.1, 0.15) is 10.4 Å². The molecule has 3 aromatic rings. The highest BCUT2D eigenvalue weighted by molar-refractivity contribution is 7.93. The van der Waals surface area contributed by atoms with Gasteiger partial charge in [0.05, 0.1) is 10.6 Å². The van der Waals surface area contributed by atoms with E-state index >= 15 is 0 Å². The average molecular weight is 373 g/mol. The van der Waals surface area contributed by atoms with Gasteiger partial charge in [-0.15, -0.1) is 0 Å². The van der Waals surface area contributed by atoms with Gasteiger partial charge in [0.1, 0.15) is 0 Å². The maximum Gasteiger partial charge on any atom is 0.262 e. The second kappa shape index (κ2) is 5.47. The third kappa shape index (κ3) is 2.45. The Morgan fingerprint density at radius 1 is 1.00 bits per heavy atom. The molecular formula is C18H13ClN2O3S. The first-order valence-electron chi connectivity index (χ1n) is 7.51. The van der Waals surface area contributed by atoms with Crippen LogP contribution in [0.25, 0.3) is 10.8 Å². The number of sulfonamides is 1. The van der Waals surface area contributed by atoms with Gasteiger partial charge in [-0.2, -0.15) is 0 Å². The molecule has 1 N–H and O–H groups in total. The molecule has 0 saturated heterocycles. The van der Waals surface area contributed by atoms with E-state index in [-0.39, 0.29) is 10.8 Å². The van der Waals surface area contributed by atoms with E-state index in [1.165, 1.54) is 11.0 Å². The summed E-state index contributed by atoms with van der Waals surface area (Å²) in [6, 6.07) is 14.7. The van der Waals surface area contributed by atoms with Gasteiger partial charge in [0, 0.05) is 34.1 Å². The highest BCUT2D eigenvalue weighted by atomic mass is 35.5. The molecular weight excluding hydrogens is 360 g/mol. The largest absolute Gasteiger partial charge is 0.311 e. The average Bonchev–Trinajstić information content (AvgIpc) is 2.84. The molecule has 3 aromatic carbocycles. The number of hydrogen-bond acceptors (Lipinski definition) is 3. The Labute approximate surface area is 149 Å². The van der Waals surface area contributed by atoms with E-state index in [2.05, 4.69) is 4.72 Å². The summed E-state index contributed by atoms with van der Waals surface area (Å²) in [5, 5.41) is 1.71. The molecule has 1 amide bonds. The predicted molar refractivity (Wildman–Crippen MR) is 98.9 cm³/mol. The fourth-order valence-corrected chi connectivity index (χ4v) is 4.46. The molecule has 25 heavy (non-hydrogen) atoms. The van der Waals surface area contributed by atoms with Crippen LogP contribution in [-0.2, 0) is 10.0 Å². The van der Waals surface area contributed by atoms with E-state index in [0.717, 1.165) is 0 Å². The van der Waals surface area contributed by atoms with Gasteiger partial charge in [-0.3, -0.25) is 9.52 Å². The Bertz CT molecular complexity index is 1130. The topological polar surface area (TPSA) is 66.5 Å². The monoisotopic (exact) mass is 372 g/mol. The number of halogens is 1. The van der Waals surface area contributed by atoms with E-state index in [1.54, 1.807) is 55.6 Å². The molecule has 0 bridgehead atoms. The molecule has 1 heterocycles. The van der Waals surface area contributed by atoms with Crippen molar-refractivity contribution in [2.75, 3.05) is 16.7 Å². The van der Waals surface area contributed by atoms with Gasteiger partial charge in [-0.05, 0) is 42.5 Å². The summed E-state index contributed by atoms with van der Waals surface area (Å²) in [5.41, 5.74) is 1.64. The van der Waals surface area contributed by atoms with Crippen molar-refractivity contribution in [3.63, 3.8) is 0 Å². The Balaban J connectivity index is 1.88. The Kier molecular flexibility index (Phi) is 3.49. The van der Waals surface area contributed by atoms with Crippen molar-refractivity contribution < 1.29 is 13.2 Å². The van der Waals surface area contributed by atoms with Crippen LogP contribution in [0.5, 0.6) is 0 Å². The maximum absolute atomic E-state index is 12.9. The number of nitrogens with one attached hydrogen (secondary N) is 1. The van der Waals surface area contributed by atoms with Gasteiger partial charge in [0.2, 0.25) is 0 Å². The predicted octanol–water partition coefficient (Wildman–Crippen LogP) is 3.88. The normalized spacial score (nSPS) is 13.5. The summed E-state index contributed by atoms with van der Waals surface area (Å²) in [7, 11) is -2.14. The SMILES string of the molecule is CN1C(=O)c2cccc3c(S(=O)(=O)Nc4ccc(Cl)cc4)ccc1c23. The van der Waals surface area contributed by atoms with Crippen LogP contribution in [-0.4, -0.2) is 21.4 Å². The van der Waals surface area contributed by atoms with Crippen molar-refractivity contribution in [1.29, 1.82) is 0 Å². The zero-order valence-electron chi connectivity index (χ0n) is 13.2. The van der Waals surface area contributed by atoms with E-state index in [4.69, 9.17) is 11.6 Å². The van der Waals surface area contributed by atoms with E-state index in [0.29, 0.717) is 32.7 Å². The highest BCUT2D eigenvalue weighted by Gasteiger charge is 2.30. The van der Waals surface area contributed by atoms with Crippen molar-refractivity contribution in [2.45, 2.75) is 4.90 Å². The number of benzene rings is 3. The van der Waals surface area contributed by atoms with E-state index in [1.807, 2.05) is 0 Å². The molecule has 1 aliphatic rings. The summed E-state index contributed by atoms with van der Waals surface area (Å²) < 4.78 is 28.3. The van der Waals surface area contributed by atoms with Crippen molar-refractivity contribution in [3.05, 3.63) is 65.2 Å². The maximum atomic E-state index is 12.9. The fourth-order valence-electron chi connectivity index (χ4n) is 3.07. The summed E-state index contributed by atoms with van der Waals surface area (Å²) >= 11 is 5.83. The van der Waals surface area contributed by atoms with Gasteiger partial charge >= 0.3 is 0 Å². The number of carbonyl (C=O) groups excluding carboxylic acids is 1. The molecule has 0 atom stereocenters. The summed E-state index contributed by atoms with van der Waals surface area (Å²) in [6.45, 7) is 0. The number of hydrogen-bond donors (Lipinski definition) is 1. The number of rotatable bonds is 3. The quantitative estimate of drug-likeness (QED) is 0.758. The Morgan fingerprint density at radius 2 is 1.72 bits per heavy atom. The van der Waals surface area contributed by atoms with Crippen molar-refractivity contribution in [1.82, 2.24) is 0 Å². The molecule has 4 rings (SSSR count). The first-order chi connectivity index (χ1) is 11.9. The minimum absolute atomic E-state index is 0.131. The molecule has 0 spiro atoms. The summed E-state index contributed by atoms with van der Waals surface area (Å²) in [4.78, 5) is 14.0.